The molecule has 9 heteroatoms. The first-order chi connectivity index (χ1) is 14.6. The Labute approximate surface area is 180 Å². The monoisotopic (exact) mass is 438 g/mol. The summed E-state index contributed by atoms with van der Waals surface area (Å²) in [6, 6.07) is 6.22. The van der Waals surface area contributed by atoms with Crippen molar-refractivity contribution in [2.75, 3.05) is 23.4 Å². The summed E-state index contributed by atoms with van der Waals surface area (Å²) < 4.78 is 41.9. The fraction of sp³-hybridized carbons (Fsp3) is 0.545. The molecule has 0 saturated heterocycles. The lowest BCUT2D eigenvalue weighted by Crippen LogP contribution is -2.33. The van der Waals surface area contributed by atoms with E-state index in [0.29, 0.717) is 31.3 Å². The minimum absolute atomic E-state index is 0.0403. The van der Waals surface area contributed by atoms with Crippen LogP contribution in [-0.2, 0) is 13.0 Å². The van der Waals surface area contributed by atoms with Gasteiger partial charge in [0.2, 0.25) is 5.95 Å². The fourth-order valence-electron chi connectivity index (χ4n) is 3.49. The van der Waals surface area contributed by atoms with Crippen LogP contribution in [0.1, 0.15) is 50.4 Å². The number of alkyl halides is 3. The Morgan fingerprint density at radius 2 is 1.87 bits per heavy atom. The second-order valence-electron chi connectivity index (χ2n) is 8.46. The number of halogens is 3. The molecule has 1 aromatic carbocycles. The minimum Gasteiger partial charge on any atom is -0.406 e. The van der Waals surface area contributed by atoms with Gasteiger partial charge in [0.15, 0.2) is 0 Å². The van der Waals surface area contributed by atoms with E-state index < -0.39 is 6.36 Å². The molecule has 6 nitrogen and oxygen atoms in total. The van der Waals surface area contributed by atoms with E-state index in [-0.39, 0.29) is 30.2 Å². The van der Waals surface area contributed by atoms with Gasteiger partial charge in [0.25, 0.3) is 0 Å². The number of nitrogens with zero attached hydrogens (tertiary/aromatic N) is 3. The molecule has 1 aliphatic heterocycles. The number of ether oxygens (including phenoxy) is 1. The van der Waals surface area contributed by atoms with Gasteiger partial charge in [-0.15, -0.1) is 13.2 Å². The van der Waals surface area contributed by atoms with Gasteiger partial charge in [-0.3, -0.25) is 0 Å². The van der Waals surface area contributed by atoms with Crippen molar-refractivity contribution in [2.45, 2.75) is 59.0 Å². The second kappa shape index (κ2) is 9.30. The molecule has 2 N–H and O–H groups in total. The predicted octanol–water partition coefficient (Wildman–Crippen LogP) is 4.49. The Morgan fingerprint density at radius 3 is 2.48 bits per heavy atom. The molecule has 0 spiro atoms. The van der Waals surface area contributed by atoms with Crippen LogP contribution in [0.4, 0.5) is 24.9 Å². The van der Waals surface area contributed by atoms with E-state index in [9.17, 15) is 18.3 Å². The van der Waals surface area contributed by atoms with E-state index >= 15 is 0 Å². The maximum atomic E-state index is 12.6. The first-order valence-electron chi connectivity index (χ1n) is 10.4. The van der Waals surface area contributed by atoms with Crippen LogP contribution >= 0.6 is 0 Å². The number of benzene rings is 1. The summed E-state index contributed by atoms with van der Waals surface area (Å²) in [7, 11) is 0. The molecule has 170 valence electrons. The Hall–Kier alpha value is -2.55. The smallest absolute Gasteiger partial charge is 0.406 e. The minimum atomic E-state index is -4.72. The Morgan fingerprint density at radius 1 is 1.13 bits per heavy atom. The standard InChI is InChI=1S/C22H29F3N4O2/c1-13(2)18-10-20(28-21(26-18)27-19(12-30)14(3)4)29-8-7-15-5-6-17(9-16(15)11-29)31-22(23,24)25/h5-6,9-10,13-14,19,30H,7-8,11-12H2,1-4H3,(H,26,27,28)/t19-/m0/s1. The van der Waals surface area contributed by atoms with Gasteiger partial charge in [-0.05, 0) is 41.5 Å². The lowest BCUT2D eigenvalue weighted by molar-refractivity contribution is -0.274. The lowest BCUT2D eigenvalue weighted by atomic mass is 9.99. The quantitative estimate of drug-likeness (QED) is 0.664. The Balaban J connectivity index is 1.88. The summed E-state index contributed by atoms with van der Waals surface area (Å²) in [5.41, 5.74) is 2.64. The third kappa shape index (κ3) is 6.00. The van der Waals surface area contributed by atoms with Crippen molar-refractivity contribution in [3.8, 4) is 5.75 Å². The zero-order valence-corrected chi connectivity index (χ0v) is 18.2. The molecular weight excluding hydrogens is 409 g/mol. The van der Waals surface area contributed by atoms with Crippen molar-refractivity contribution in [3.05, 3.63) is 41.1 Å². The Bertz CT molecular complexity index is 903. The van der Waals surface area contributed by atoms with Gasteiger partial charge in [0.1, 0.15) is 11.6 Å². The number of hydrogen-bond donors (Lipinski definition) is 2. The van der Waals surface area contributed by atoms with Gasteiger partial charge in [0.05, 0.1) is 18.3 Å². The first-order valence-corrected chi connectivity index (χ1v) is 10.4. The SMILES string of the molecule is CC(C)c1cc(N2CCc3ccc(OC(F)(F)F)cc3C2)nc(N[C@@H](CO)C(C)C)n1. The molecule has 0 saturated carbocycles. The first kappa shape index (κ1) is 23.1. The van der Waals surface area contributed by atoms with Crippen molar-refractivity contribution in [1.82, 2.24) is 9.97 Å². The summed E-state index contributed by atoms with van der Waals surface area (Å²) in [4.78, 5) is 11.3. The van der Waals surface area contributed by atoms with Gasteiger partial charge in [-0.2, -0.15) is 4.98 Å². The molecule has 0 aliphatic carbocycles. The topological polar surface area (TPSA) is 70.5 Å². The zero-order chi connectivity index (χ0) is 22.8. The van der Waals surface area contributed by atoms with Crippen LogP contribution in [0.25, 0.3) is 0 Å². The molecule has 1 atom stereocenters. The molecule has 0 bridgehead atoms. The van der Waals surface area contributed by atoms with E-state index in [1.807, 2.05) is 38.7 Å². The lowest BCUT2D eigenvalue weighted by Gasteiger charge is -2.31. The highest BCUT2D eigenvalue weighted by Crippen LogP contribution is 2.30. The maximum Gasteiger partial charge on any atom is 0.573 e. The molecule has 1 aliphatic rings. The fourth-order valence-corrected chi connectivity index (χ4v) is 3.49. The molecule has 31 heavy (non-hydrogen) atoms. The second-order valence-corrected chi connectivity index (χ2v) is 8.46. The van der Waals surface area contributed by atoms with E-state index in [0.717, 1.165) is 16.8 Å². The third-order valence-corrected chi connectivity index (χ3v) is 5.39. The molecule has 3 rings (SSSR count). The van der Waals surface area contributed by atoms with Gasteiger partial charge in [-0.1, -0.05) is 33.8 Å². The van der Waals surface area contributed by atoms with Crippen LogP contribution in [0.5, 0.6) is 5.75 Å². The predicted molar refractivity (Wildman–Crippen MR) is 113 cm³/mol. The molecule has 2 heterocycles. The zero-order valence-electron chi connectivity index (χ0n) is 18.2. The van der Waals surface area contributed by atoms with Crippen LogP contribution in [-0.4, -0.2) is 40.6 Å². The van der Waals surface area contributed by atoms with Gasteiger partial charge < -0.3 is 20.1 Å². The molecule has 0 unspecified atom stereocenters. The molecule has 1 aromatic heterocycles. The summed E-state index contributed by atoms with van der Waals surface area (Å²) in [5.74, 6) is 1.28. The van der Waals surface area contributed by atoms with Crippen LogP contribution in [0.3, 0.4) is 0 Å². The summed E-state index contributed by atoms with van der Waals surface area (Å²) in [6.45, 7) is 9.15. The van der Waals surface area contributed by atoms with E-state index in [1.54, 1.807) is 6.07 Å². The molecular formula is C22H29F3N4O2. The summed E-state index contributed by atoms with van der Waals surface area (Å²) in [5, 5.41) is 12.9. The van der Waals surface area contributed by atoms with Gasteiger partial charge in [0, 0.05) is 19.2 Å². The van der Waals surface area contributed by atoms with Crippen molar-refractivity contribution in [1.29, 1.82) is 0 Å². The number of rotatable bonds is 7. The van der Waals surface area contributed by atoms with E-state index in [2.05, 4.69) is 20.0 Å². The average Bonchev–Trinajstić information content (AvgIpc) is 2.69. The highest BCUT2D eigenvalue weighted by Gasteiger charge is 2.31. The number of aliphatic hydroxyl groups is 1. The van der Waals surface area contributed by atoms with Gasteiger partial charge >= 0.3 is 6.36 Å². The molecule has 0 radical (unpaired) electrons. The van der Waals surface area contributed by atoms with Crippen molar-refractivity contribution >= 4 is 11.8 Å². The molecule has 2 aromatic rings. The third-order valence-electron chi connectivity index (χ3n) is 5.39. The number of fused-ring (bicyclic) bond motifs is 1. The number of hydrogen-bond acceptors (Lipinski definition) is 6. The largest absolute Gasteiger partial charge is 0.573 e. The highest BCUT2D eigenvalue weighted by molar-refractivity contribution is 5.50. The van der Waals surface area contributed by atoms with Crippen molar-refractivity contribution in [3.63, 3.8) is 0 Å². The number of anilines is 2. The normalized spacial score (nSPS) is 15.2. The average molecular weight is 438 g/mol. The number of aliphatic hydroxyl groups excluding tert-OH is 1. The van der Waals surface area contributed by atoms with Crippen LogP contribution in [0.15, 0.2) is 24.3 Å². The Kier molecular flexibility index (Phi) is 6.93. The van der Waals surface area contributed by atoms with Crippen molar-refractivity contribution in [2.24, 2.45) is 5.92 Å². The number of aromatic nitrogens is 2. The summed E-state index contributed by atoms with van der Waals surface area (Å²) >= 11 is 0. The van der Waals surface area contributed by atoms with Crippen LogP contribution in [0.2, 0.25) is 0 Å². The highest BCUT2D eigenvalue weighted by atomic mass is 19.4. The van der Waals surface area contributed by atoms with E-state index in [1.165, 1.54) is 12.1 Å². The van der Waals surface area contributed by atoms with E-state index in [4.69, 9.17) is 0 Å². The maximum absolute atomic E-state index is 12.6. The van der Waals surface area contributed by atoms with Crippen LogP contribution in [0, 0.1) is 5.92 Å². The van der Waals surface area contributed by atoms with Gasteiger partial charge in [-0.25, -0.2) is 4.98 Å². The summed E-state index contributed by atoms with van der Waals surface area (Å²) in [6.07, 6.45) is -4.03. The number of nitrogens with one attached hydrogen (secondary N) is 1. The van der Waals surface area contributed by atoms with Crippen molar-refractivity contribution < 1.29 is 23.0 Å². The molecule has 0 fully saturated rings. The van der Waals surface area contributed by atoms with Crippen LogP contribution < -0.4 is 15.0 Å². The molecule has 0 amide bonds.